The monoisotopic (exact) mass is 326 g/mol. The third kappa shape index (κ3) is 4.36. The number of piperazine rings is 1. The smallest absolute Gasteiger partial charge is 0.227 e. The summed E-state index contributed by atoms with van der Waals surface area (Å²) in [5.74, 6) is 0.235. The van der Waals surface area contributed by atoms with Gasteiger partial charge in [-0.1, -0.05) is 48.2 Å². The van der Waals surface area contributed by atoms with Gasteiger partial charge in [0.2, 0.25) is 5.91 Å². The Kier molecular flexibility index (Phi) is 5.36. The zero-order valence-electron chi connectivity index (χ0n) is 13.4. The maximum Gasteiger partial charge on any atom is 0.227 e. The van der Waals surface area contributed by atoms with Gasteiger partial charge in [-0.2, -0.15) is 0 Å². The van der Waals surface area contributed by atoms with E-state index in [1.165, 1.54) is 9.79 Å². The Balaban J connectivity index is 1.69. The topological polar surface area (TPSA) is 23.6 Å². The number of carbonyl (C=O) groups excluding carboxylic acids is 1. The lowest BCUT2D eigenvalue weighted by atomic mass is 10.1. The Labute approximate surface area is 142 Å². The normalized spacial score (nSPS) is 15.6. The summed E-state index contributed by atoms with van der Waals surface area (Å²) < 4.78 is 0. The van der Waals surface area contributed by atoms with E-state index in [0.29, 0.717) is 6.42 Å². The fourth-order valence-corrected chi connectivity index (χ4v) is 3.66. The van der Waals surface area contributed by atoms with Crippen LogP contribution in [0.5, 0.6) is 0 Å². The fraction of sp³-hybridized carbons (Fsp3) is 0.316. The molecule has 0 N–H and O–H groups in total. The molecule has 4 heteroatoms. The quantitative estimate of drug-likeness (QED) is 0.862. The van der Waals surface area contributed by atoms with Crippen molar-refractivity contribution in [2.45, 2.75) is 16.2 Å². The molecule has 0 bridgehead atoms. The van der Waals surface area contributed by atoms with E-state index < -0.39 is 0 Å². The first-order chi connectivity index (χ1) is 11.2. The number of hydrogen-bond acceptors (Lipinski definition) is 3. The maximum atomic E-state index is 12.6. The van der Waals surface area contributed by atoms with E-state index in [2.05, 4.69) is 36.2 Å². The second-order valence-corrected chi connectivity index (χ2v) is 7.00. The van der Waals surface area contributed by atoms with E-state index in [-0.39, 0.29) is 5.91 Å². The van der Waals surface area contributed by atoms with Crippen LogP contribution in [0.2, 0.25) is 0 Å². The molecule has 1 saturated heterocycles. The van der Waals surface area contributed by atoms with Gasteiger partial charge in [-0.25, -0.2) is 0 Å². The molecule has 1 heterocycles. The highest BCUT2D eigenvalue weighted by Gasteiger charge is 2.20. The second kappa shape index (κ2) is 7.66. The lowest BCUT2D eigenvalue weighted by molar-refractivity contribution is -0.132. The van der Waals surface area contributed by atoms with Gasteiger partial charge >= 0.3 is 0 Å². The SMILES string of the molecule is CN1CCN(C(=O)Cc2ccccc2Sc2ccccc2)CC1. The van der Waals surface area contributed by atoms with Crippen LogP contribution >= 0.6 is 11.8 Å². The number of nitrogens with zero attached hydrogens (tertiary/aromatic N) is 2. The van der Waals surface area contributed by atoms with Gasteiger partial charge in [0.05, 0.1) is 6.42 Å². The summed E-state index contributed by atoms with van der Waals surface area (Å²) in [6, 6.07) is 18.5. The van der Waals surface area contributed by atoms with Crippen molar-refractivity contribution in [1.29, 1.82) is 0 Å². The van der Waals surface area contributed by atoms with Crippen LogP contribution in [0, 0.1) is 0 Å². The summed E-state index contributed by atoms with van der Waals surface area (Å²) in [5, 5.41) is 0. The molecule has 3 nitrogen and oxygen atoms in total. The van der Waals surface area contributed by atoms with Crippen molar-refractivity contribution >= 4 is 17.7 Å². The molecule has 23 heavy (non-hydrogen) atoms. The molecule has 0 radical (unpaired) electrons. The summed E-state index contributed by atoms with van der Waals surface area (Å²) in [6.07, 6.45) is 0.486. The van der Waals surface area contributed by atoms with Crippen LogP contribution in [0.15, 0.2) is 64.4 Å². The standard InChI is InChI=1S/C19H22N2OS/c1-20-11-13-21(14-12-20)19(22)15-16-7-5-6-10-18(16)23-17-8-3-2-4-9-17/h2-10H,11-15H2,1H3. The molecular weight excluding hydrogens is 304 g/mol. The van der Waals surface area contributed by atoms with E-state index in [0.717, 1.165) is 31.7 Å². The lowest BCUT2D eigenvalue weighted by Crippen LogP contribution is -2.47. The highest BCUT2D eigenvalue weighted by atomic mass is 32.2. The van der Waals surface area contributed by atoms with E-state index in [9.17, 15) is 4.79 Å². The fourth-order valence-electron chi connectivity index (χ4n) is 2.70. The number of amides is 1. The molecule has 120 valence electrons. The van der Waals surface area contributed by atoms with Gasteiger partial charge in [0, 0.05) is 36.0 Å². The molecule has 0 atom stereocenters. The number of rotatable bonds is 4. The van der Waals surface area contributed by atoms with Crippen molar-refractivity contribution < 1.29 is 4.79 Å². The molecule has 1 aliphatic rings. The zero-order chi connectivity index (χ0) is 16.1. The summed E-state index contributed by atoms with van der Waals surface area (Å²) in [7, 11) is 2.10. The molecule has 0 unspecified atom stereocenters. The second-order valence-electron chi connectivity index (χ2n) is 5.88. The molecule has 3 rings (SSSR count). The van der Waals surface area contributed by atoms with Gasteiger partial charge < -0.3 is 9.80 Å². The number of benzene rings is 2. The lowest BCUT2D eigenvalue weighted by Gasteiger charge is -2.32. The predicted octanol–water partition coefficient (Wildman–Crippen LogP) is 3.15. The van der Waals surface area contributed by atoms with Crippen molar-refractivity contribution in [3.63, 3.8) is 0 Å². The van der Waals surface area contributed by atoms with Crippen LogP contribution in [0.1, 0.15) is 5.56 Å². The Bertz CT molecular complexity index is 651. The minimum absolute atomic E-state index is 0.235. The molecule has 2 aromatic carbocycles. The Hall–Kier alpha value is -1.78. The molecule has 1 amide bonds. The summed E-state index contributed by atoms with van der Waals surface area (Å²) in [5.41, 5.74) is 1.12. The third-order valence-corrected chi connectivity index (χ3v) is 5.27. The Morgan fingerprint density at radius 2 is 1.61 bits per heavy atom. The zero-order valence-corrected chi connectivity index (χ0v) is 14.3. The van der Waals surface area contributed by atoms with Gasteiger partial charge in [0.15, 0.2) is 0 Å². The molecule has 0 spiro atoms. The van der Waals surface area contributed by atoms with Crippen molar-refractivity contribution in [2.75, 3.05) is 33.2 Å². The predicted molar refractivity (Wildman–Crippen MR) is 94.8 cm³/mol. The minimum Gasteiger partial charge on any atom is -0.340 e. The largest absolute Gasteiger partial charge is 0.340 e. The summed E-state index contributed by atoms with van der Waals surface area (Å²) >= 11 is 1.72. The molecule has 0 aromatic heterocycles. The first kappa shape index (κ1) is 16.1. The van der Waals surface area contributed by atoms with Gasteiger partial charge in [0.1, 0.15) is 0 Å². The van der Waals surface area contributed by atoms with E-state index >= 15 is 0 Å². The third-order valence-electron chi connectivity index (χ3n) is 4.14. The number of hydrogen-bond donors (Lipinski definition) is 0. The number of likely N-dealkylation sites (N-methyl/N-ethyl adjacent to an activating group) is 1. The van der Waals surface area contributed by atoms with Crippen molar-refractivity contribution in [3.8, 4) is 0 Å². The number of carbonyl (C=O) groups is 1. The molecule has 0 saturated carbocycles. The molecule has 0 aliphatic carbocycles. The van der Waals surface area contributed by atoms with Crippen molar-refractivity contribution in [1.82, 2.24) is 9.80 Å². The Morgan fingerprint density at radius 1 is 0.957 bits per heavy atom. The highest BCUT2D eigenvalue weighted by molar-refractivity contribution is 7.99. The van der Waals surface area contributed by atoms with Crippen LogP contribution in [0.4, 0.5) is 0 Å². The maximum absolute atomic E-state index is 12.6. The first-order valence-electron chi connectivity index (χ1n) is 7.99. The van der Waals surface area contributed by atoms with E-state index in [1.807, 2.05) is 35.2 Å². The van der Waals surface area contributed by atoms with Crippen LogP contribution in [-0.4, -0.2) is 48.9 Å². The molecule has 1 fully saturated rings. The average Bonchev–Trinajstić information content (AvgIpc) is 2.58. The average molecular weight is 326 g/mol. The van der Waals surface area contributed by atoms with Crippen LogP contribution in [-0.2, 0) is 11.2 Å². The summed E-state index contributed by atoms with van der Waals surface area (Å²) in [4.78, 5) is 19.2. The van der Waals surface area contributed by atoms with Crippen LogP contribution in [0.3, 0.4) is 0 Å². The highest BCUT2D eigenvalue weighted by Crippen LogP contribution is 2.30. The molecule has 1 aliphatic heterocycles. The summed E-state index contributed by atoms with van der Waals surface area (Å²) in [6.45, 7) is 3.60. The van der Waals surface area contributed by atoms with Crippen LogP contribution < -0.4 is 0 Å². The van der Waals surface area contributed by atoms with Gasteiger partial charge in [-0.15, -0.1) is 0 Å². The van der Waals surface area contributed by atoms with Gasteiger partial charge in [0.25, 0.3) is 0 Å². The molecule has 2 aromatic rings. The van der Waals surface area contributed by atoms with Gasteiger partial charge in [-0.3, -0.25) is 4.79 Å². The molecular formula is C19H22N2OS. The van der Waals surface area contributed by atoms with E-state index in [4.69, 9.17) is 0 Å². The van der Waals surface area contributed by atoms with Crippen LogP contribution in [0.25, 0.3) is 0 Å². The minimum atomic E-state index is 0.235. The van der Waals surface area contributed by atoms with Gasteiger partial charge in [-0.05, 0) is 30.8 Å². The van der Waals surface area contributed by atoms with Crippen molar-refractivity contribution in [2.24, 2.45) is 0 Å². The first-order valence-corrected chi connectivity index (χ1v) is 8.81. The Morgan fingerprint density at radius 3 is 2.35 bits per heavy atom. The van der Waals surface area contributed by atoms with E-state index in [1.54, 1.807) is 11.8 Å². The van der Waals surface area contributed by atoms with Crippen molar-refractivity contribution in [3.05, 3.63) is 60.2 Å².